The van der Waals surface area contributed by atoms with E-state index in [1.54, 1.807) is 37.3 Å². The largest absolute Gasteiger partial charge is 0.350 e. The van der Waals surface area contributed by atoms with Crippen molar-refractivity contribution in [3.05, 3.63) is 66.2 Å². The molecule has 9 heteroatoms. The molecule has 0 heterocycles. The van der Waals surface area contributed by atoms with E-state index < -0.39 is 34.2 Å². The standard InChI is InChI=1S/C24H34N4O4S/c1-19(23(30)25-24(2,3)4)27(17-20-13-9-7-10-14-20)22(29)18-28(33(31,32)26(5)6)21-15-11-8-12-16-21/h7-16,19H,17-18H2,1-6H3,(H,25,30)/t19-/m1/s1. The molecule has 2 rings (SSSR count). The van der Waals surface area contributed by atoms with Crippen LogP contribution in [0, 0.1) is 0 Å². The average molecular weight is 475 g/mol. The van der Waals surface area contributed by atoms with Crippen LogP contribution < -0.4 is 9.62 Å². The summed E-state index contributed by atoms with van der Waals surface area (Å²) in [6.07, 6.45) is 0. The molecule has 0 bridgehead atoms. The van der Waals surface area contributed by atoms with Gasteiger partial charge in [0.2, 0.25) is 11.8 Å². The fraction of sp³-hybridized carbons (Fsp3) is 0.417. The maximum atomic E-state index is 13.5. The molecule has 2 aromatic carbocycles. The molecule has 33 heavy (non-hydrogen) atoms. The van der Waals surface area contributed by atoms with Crippen LogP contribution in [0.5, 0.6) is 0 Å². The average Bonchev–Trinajstić information content (AvgIpc) is 2.75. The van der Waals surface area contributed by atoms with Crippen molar-refractivity contribution in [3.63, 3.8) is 0 Å². The molecule has 0 spiro atoms. The van der Waals surface area contributed by atoms with Gasteiger partial charge >= 0.3 is 10.2 Å². The first kappa shape index (κ1) is 26.3. The number of nitrogens with one attached hydrogen (secondary N) is 1. The van der Waals surface area contributed by atoms with Crippen molar-refractivity contribution in [2.45, 2.75) is 45.8 Å². The van der Waals surface area contributed by atoms with Crippen LogP contribution in [0.1, 0.15) is 33.3 Å². The Balaban J connectivity index is 2.41. The van der Waals surface area contributed by atoms with Crippen LogP contribution >= 0.6 is 0 Å². The third kappa shape index (κ3) is 7.30. The molecule has 0 aromatic heterocycles. The van der Waals surface area contributed by atoms with Crippen molar-refractivity contribution < 1.29 is 18.0 Å². The van der Waals surface area contributed by atoms with Gasteiger partial charge in [-0.3, -0.25) is 9.59 Å². The van der Waals surface area contributed by atoms with E-state index in [2.05, 4.69) is 5.32 Å². The lowest BCUT2D eigenvalue weighted by Crippen LogP contribution is -2.54. The van der Waals surface area contributed by atoms with E-state index in [-0.39, 0.29) is 12.5 Å². The zero-order valence-corrected chi connectivity index (χ0v) is 21.0. The number of carbonyl (C=O) groups is 2. The molecular weight excluding hydrogens is 440 g/mol. The second-order valence-electron chi connectivity index (χ2n) is 9.05. The first-order chi connectivity index (χ1) is 15.3. The van der Waals surface area contributed by atoms with Crippen LogP contribution in [0.3, 0.4) is 0 Å². The summed E-state index contributed by atoms with van der Waals surface area (Å²) in [7, 11) is -1.12. The molecule has 0 saturated carbocycles. The highest BCUT2D eigenvalue weighted by molar-refractivity contribution is 7.90. The predicted octanol–water partition coefficient (Wildman–Crippen LogP) is 2.63. The number of anilines is 1. The molecule has 180 valence electrons. The Kier molecular flexibility index (Phi) is 8.63. The first-order valence-electron chi connectivity index (χ1n) is 10.7. The molecule has 8 nitrogen and oxygen atoms in total. The third-order valence-electron chi connectivity index (χ3n) is 4.92. The molecule has 0 aliphatic heterocycles. The van der Waals surface area contributed by atoms with Crippen LogP contribution in [0.15, 0.2) is 60.7 Å². The molecular formula is C24H34N4O4S. The van der Waals surface area contributed by atoms with Gasteiger partial charge in [0.1, 0.15) is 12.6 Å². The van der Waals surface area contributed by atoms with Crippen LogP contribution in [0.25, 0.3) is 0 Å². The van der Waals surface area contributed by atoms with Gasteiger partial charge in [-0.25, -0.2) is 4.31 Å². The number of carbonyl (C=O) groups excluding carboxylic acids is 2. The Morgan fingerprint density at radius 3 is 1.94 bits per heavy atom. The fourth-order valence-corrected chi connectivity index (χ4v) is 4.20. The monoisotopic (exact) mass is 474 g/mol. The quantitative estimate of drug-likeness (QED) is 0.605. The molecule has 2 amide bonds. The van der Waals surface area contributed by atoms with Gasteiger partial charge in [-0.2, -0.15) is 12.7 Å². The van der Waals surface area contributed by atoms with Crippen molar-refractivity contribution in [2.24, 2.45) is 0 Å². The van der Waals surface area contributed by atoms with E-state index in [9.17, 15) is 18.0 Å². The number of hydrogen-bond donors (Lipinski definition) is 1. The van der Waals surface area contributed by atoms with Crippen LogP contribution in [0.4, 0.5) is 5.69 Å². The molecule has 1 atom stereocenters. The maximum Gasteiger partial charge on any atom is 0.304 e. The van der Waals surface area contributed by atoms with Crippen LogP contribution in [-0.2, 0) is 26.3 Å². The number of nitrogens with zero attached hydrogens (tertiary/aromatic N) is 3. The highest BCUT2D eigenvalue weighted by atomic mass is 32.2. The van der Waals surface area contributed by atoms with Crippen LogP contribution in [0.2, 0.25) is 0 Å². The highest BCUT2D eigenvalue weighted by Crippen LogP contribution is 2.20. The molecule has 0 fully saturated rings. The number of benzene rings is 2. The molecule has 1 N–H and O–H groups in total. The van der Waals surface area contributed by atoms with Gasteiger partial charge in [0.15, 0.2) is 0 Å². The Labute approximate surface area is 197 Å². The van der Waals surface area contributed by atoms with E-state index in [1.165, 1.54) is 19.0 Å². The molecule has 0 radical (unpaired) electrons. The SMILES string of the molecule is C[C@H](C(=O)NC(C)(C)C)N(Cc1ccccc1)C(=O)CN(c1ccccc1)S(=O)(=O)N(C)C. The minimum Gasteiger partial charge on any atom is -0.350 e. The number of rotatable bonds is 9. The minimum absolute atomic E-state index is 0.170. The summed E-state index contributed by atoms with van der Waals surface area (Å²) < 4.78 is 28.2. The fourth-order valence-electron chi connectivity index (χ4n) is 3.15. The van der Waals surface area contributed by atoms with Gasteiger partial charge in [-0.05, 0) is 45.4 Å². The van der Waals surface area contributed by atoms with Gasteiger partial charge < -0.3 is 10.2 Å². The van der Waals surface area contributed by atoms with E-state index in [0.717, 1.165) is 14.2 Å². The lowest BCUT2D eigenvalue weighted by atomic mass is 10.1. The predicted molar refractivity (Wildman–Crippen MR) is 131 cm³/mol. The van der Waals surface area contributed by atoms with Gasteiger partial charge in [-0.15, -0.1) is 0 Å². The summed E-state index contributed by atoms with van der Waals surface area (Å²) in [4.78, 5) is 27.9. The summed E-state index contributed by atoms with van der Waals surface area (Å²) in [6, 6.07) is 16.9. The first-order valence-corrected chi connectivity index (χ1v) is 12.1. The number of para-hydroxylation sites is 1. The van der Waals surface area contributed by atoms with Gasteiger partial charge in [0, 0.05) is 26.2 Å². The van der Waals surface area contributed by atoms with Crippen LogP contribution in [-0.4, -0.2) is 61.7 Å². The Bertz CT molecular complexity index is 1040. The van der Waals surface area contributed by atoms with E-state index in [0.29, 0.717) is 5.69 Å². The lowest BCUT2D eigenvalue weighted by Gasteiger charge is -2.34. The van der Waals surface area contributed by atoms with E-state index in [1.807, 2.05) is 51.1 Å². The Morgan fingerprint density at radius 1 is 0.939 bits per heavy atom. The summed E-state index contributed by atoms with van der Waals surface area (Å²) in [5.74, 6) is -0.793. The van der Waals surface area contributed by atoms with E-state index >= 15 is 0 Å². The van der Waals surface area contributed by atoms with Crippen molar-refractivity contribution in [3.8, 4) is 0 Å². The summed E-state index contributed by atoms with van der Waals surface area (Å²) in [6.45, 7) is 6.97. The molecule has 0 unspecified atom stereocenters. The molecule has 0 saturated heterocycles. The Morgan fingerprint density at radius 2 is 1.45 bits per heavy atom. The van der Waals surface area contributed by atoms with Crippen molar-refractivity contribution >= 4 is 27.7 Å². The smallest absolute Gasteiger partial charge is 0.304 e. The van der Waals surface area contributed by atoms with E-state index in [4.69, 9.17) is 0 Å². The lowest BCUT2D eigenvalue weighted by molar-refractivity contribution is -0.140. The van der Waals surface area contributed by atoms with Crippen molar-refractivity contribution in [2.75, 3.05) is 24.9 Å². The minimum atomic E-state index is -3.95. The maximum absolute atomic E-state index is 13.5. The summed E-state index contributed by atoms with van der Waals surface area (Å²) >= 11 is 0. The normalized spacial score (nSPS) is 12.8. The zero-order valence-electron chi connectivity index (χ0n) is 20.1. The van der Waals surface area contributed by atoms with Gasteiger partial charge in [0.05, 0.1) is 5.69 Å². The number of amides is 2. The second kappa shape index (κ2) is 10.8. The van der Waals surface area contributed by atoms with Crippen molar-refractivity contribution in [1.82, 2.24) is 14.5 Å². The van der Waals surface area contributed by atoms with Gasteiger partial charge in [-0.1, -0.05) is 48.5 Å². The summed E-state index contributed by atoms with van der Waals surface area (Å²) in [5.41, 5.74) is 0.728. The Hall–Kier alpha value is -2.91. The molecule has 0 aliphatic carbocycles. The zero-order chi connectivity index (χ0) is 24.8. The third-order valence-corrected chi connectivity index (χ3v) is 6.74. The number of hydrogen-bond acceptors (Lipinski definition) is 4. The summed E-state index contributed by atoms with van der Waals surface area (Å²) in [5, 5.41) is 2.90. The van der Waals surface area contributed by atoms with Gasteiger partial charge in [0.25, 0.3) is 0 Å². The second-order valence-corrected chi connectivity index (χ2v) is 11.1. The molecule has 0 aliphatic rings. The molecule has 2 aromatic rings. The van der Waals surface area contributed by atoms with Crippen molar-refractivity contribution in [1.29, 1.82) is 0 Å². The highest BCUT2D eigenvalue weighted by Gasteiger charge is 2.33. The topological polar surface area (TPSA) is 90.0 Å².